The first-order valence-electron chi connectivity index (χ1n) is 9.58. The van der Waals surface area contributed by atoms with Crippen molar-refractivity contribution in [1.82, 2.24) is 19.8 Å². The van der Waals surface area contributed by atoms with Crippen LogP contribution in [0.4, 0.5) is 4.39 Å². The number of aromatic nitrogens is 4. The van der Waals surface area contributed by atoms with E-state index in [9.17, 15) is 9.18 Å². The molecule has 0 amide bonds. The van der Waals surface area contributed by atoms with Crippen LogP contribution in [0.5, 0.6) is 0 Å². The summed E-state index contributed by atoms with van der Waals surface area (Å²) in [7, 11) is 0. The number of halogens is 3. The number of nitrogens with zero attached hydrogens (tertiary/aromatic N) is 4. The van der Waals surface area contributed by atoms with E-state index < -0.39 is 11.4 Å². The lowest BCUT2D eigenvalue weighted by Crippen LogP contribution is -2.22. The van der Waals surface area contributed by atoms with Crippen LogP contribution in [-0.4, -0.2) is 19.8 Å². The molecular weight excluding hydrogens is 450 g/mol. The van der Waals surface area contributed by atoms with Crippen LogP contribution in [0.25, 0.3) is 39.2 Å². The second-order valence-corrected chi connectivity index (χ2v) is 7.92. The molecule has 156 valence electrons. The minimum atomic E-state index is -0.459. The van der Waals surface area contributed by atoms with Crippen LogP contribution >= 0.6 is 23.2 Å². The maximum absolute atomic E-state index is 13.3. The Morgan fingerprint density at radius 1 is 0.719 bits per heavy atom. The highest BCUT2D eigenvalue weighted by Crippen LogP contribution is 2.35. The number of rotatable bonds is 3. The molecule has 0 N–H and O–H groups in total. The second-order valence-electron chi connectivity index (χ2n) is 7.04. The lowest BCUT2D eigenvalue weighted by atomic mass is 9.97. The third kappa shape index (κ3) is 3.64. The molecular formula is C24H13Cl2FN4O. The van der Waals surface area contributed by atoms with Gasteiger partial charge >= 0.3 is 5.56 Å². The van der Waals surface area contributed by atoms with E-state index in [0.29, 0.717) is 21.2 Å². The zero-order valence-electron chi connectivity index (χ0n) is 16.3. The molecule has 8 heteroatoms. The molecule has 0 atom stereocenters. The third-order valence-electron chi connectivity index (χ3n) is 5.04. The van der Waals surface area contributed by atoms with Gasteiger partial charge in [-0.2, -0.15) is 9.61 Å². The Morgan fingerprint density at radius 2 is 1.28 bits per heavy atom. The maximum atomic E-state index is 13.3. The minimum absolute atomic E-state index is 0.0799. The van der Waals surface area contributed by atoms with Gasteiger partial charge in [0.15, 0.2) is 11.3 Å². The van der Waals surface area contributed by atoms with Gasteiger partial charge in [-0.15, -0.1) is 10.2 Å². The van der Waals surface area contributed by atoms with Gasteiger partial charge in [-0.25, -0.2) is 4.39 Å². The van der Waals surface area contributed by atoms with Gasteiger partial charge in [0.25, 0.3) is 0 Å². The van der Waals surface area contributed by atoms with Crippen LogP contribution in [0.15, 0.2) is 83.8 Å². The molecule has 3 aromatic carbocycles. The quantitative estimate of drug-likeness (QED) is 0.333. The van der Waals surface area contributed by atoms with Gasteiger partial charge in [0.1, 0.15) is 5.82 Å². The van der Waals surface area contributed by atoms with Crippen molar-refractivity contribution in [1.29, 1.82) is 0 Å². The highest BCUT2D eigenvalue weighted by Gasteiger charge is 2.18. The van der Waals surface area contributed by atoms with Crippen molar-refractivity contribution in [2.24, 2.45) is 0 Å². The van der Waals surface area contributed by atoms with Crippen molar-refractivity contribution in [2.45, 2.75) is 0 Å². The SMILES string of the molecule is O=c1c(-c2ccc(F)cc2)nnc2c(-c3ccc(Cl)cc3)c(-c3ccc(Cl)cc3)cnn12. The van der Waals surface area contributed by atoms with E-state index in [4.69, 9.17) is 23.2 Å². The monoisotopic (exact) mass is 462 g/mol. The fraction of sp³-hybridized carbons (Fsp3) is 0. The Hall–Kier alpha value is -3.61. The van der Waals surface area contributed by atoms with Crippen molar-refractivity contribution >= 4 is 28.8 Å². The van der Waals surface area contributed by atoms with Gasteiger partial charge in [-0.3, -0.25) is 4.79 Å². The van der Waals surface area contributed by atoms with E-state index >= 15 is 0 Å². The summed E-state index contributed by atoms with van der Waals surface area (Å²) in [6, 6.07) is 20.0. The topological polar surface area (TPSA) is 60.2 Å². The van der Waals surface area contributed by atoms with Gasteiger partial charge in [0, 0.05) is 26.7 Å². The first kappa shape index (κ1) is 20.3. The number of benzene rings is 3. The van der Waals surface area contributed by atoms with Crippen molar-refractivity contribution in [2.75, 3.05) is 0 Å². The average molecular weight is 463 g/mol. The maximum Gasteiger partial charge on any atom is 0.301 e. The summed E-state index contributed by atoms with van der Waals surface area (Å²) in [6.45, 7) is 0. The molecule has 0 aliphatic heterocycles. The number of hydrogen-bond acceptors (Lipinski definition) is 4. The fourth-order valence-corrected chi connectivity index (χ4v) is 3.73. The molecule has 0 saturated carbocycles. The van der Waals surface area contributed by atoms with E-state index in [-0.39, 0.29) is 11.3 Å². The highest BCUT2D eigenvalue weighted by molar-refractivity contribution is 6.31. The summed E-state index contributed by atoms with van der Waals surface area (Å²) in [5.41, 5.74) is 3.44. The Morgan fingerprint density at radius 3 is 1.91 bits per heavy atom. The van der Waals surface area contributed by atoms with E-state index in [1.54, 1.807) is 30.5 Å². The average Bonchev–Trinajstić information content (AvgIpc) is 2.81. The molecule has 0 saturated heterocycles. The van der Waals surface area contributed by atoms with E-state index in [2.05, 4.69) is 15.3 Å². The van der Waals surface area contributed by atoms with E-state index in [1.165, 1.54) is 28.8 Å². The van der Waals surface area contributed by atoms with Crippen LogP contribution in [-0.2, 0) is 0 Å². The highest BCUT2D eigenvalue weighted by atomic mass is 35.5. The molecule has 0 bridgehead atoms. The summed E-state index contributed by atoms with van der Waals surface area (Å²) >= 11 is 12.1. The molecule has 5 rings (SSSR count). The molecule has 2 heterocycles. The molecule has 2 aromatic heterocycles. The Labute approximate surface area is 191 Å². The molecule has 0 spiro atoms. The van der Waals surface area contributed by atoms with Crippen molar-refractivity contribution in [3.63, 3.8) is 0 Å². The van der Waals surface area contributed by atoms with Gasteiger partial charge in [-0.1, -0.05) is 47.5 Å². The summed E-state index contributed by atoms with van der Waals surface area (Å²) in [6.07, 6.45) is 1.61. The lowest BCUT2D eigenvalue weighted by Gasteiger charge is -2.13. The smallest absolute Gasteiger partial charge is 0.265 e. The molecule has 5 nitrogen and oxygen atoms in total. The van der Waals surface area contributed by atoms with Gasteiger partial charge in [0.05, 0.1) is 6.20 Å². The Bertz CT molecular complexity index is 1500. The van der Waals surface area contributed by atoms with Crippen LogP contribution < -0.4 is 5.56 Å². The molecule has 0 aliphatic rings. The van der Waals surface area contributed by atoms with Crippen LogP contribution in [0, 0.1) is 5.82 Å². The van der Waals surface area contributed by atoms with E-state index in [0.717, 1.165) is 16.7 Å². The second kappa shape index (κ2) is 8.15. The fourth-order valence-electron chi connectivity index (χ4n) is 3.48. The van der Waals surface area contributed by atoms with Crippen LogP contribution in [0.1, 0.15) is 0 Å². The normalized spacial score (nSPS) is 11.1. The molecule has 0 radical (unpaired) electrons. The minimum Gasteiger partial charge on any atom is -0.265 e. The van der Waals surface area contributed by atoms with Gasteiger partial charge < -0.3 is 0 Å². The first-order valence-corrected chi connectivity index (χ1v) is 10.3. The molecule has 5 aromatic rings. The number of fused-ring (bicyclic) bond motifs is 1. The third-order valence-corrected chi connectivity index (χ3v) is 5.55. The molecule has 32 heavy (non-hydrogen) atoms. The predicted octanol–water partition coefficient (Wildman–Crippen LogP) is 5.93. The standard InChI is InChI=1S/C24H13Cl2FN4O/c25-17-7-1-14(2-8-17)20-13-28-31-23(21(20)15-3-9-18(26)10-4-15)30-29-22(24(31)32)16-5-11-19(27)12-6-16/h1-13H. The lowest BCUT2D eigenvalue weighted by molar-refractivity contribution is 0.628. The summed E-state index contributed by atoms with van der Waals surface area (Å²) < 4.78 is 14.5. The van der Waals surface area contributed by atoms with Crippen molar-refractivity contribution in [3.8, 4) is 33.5 Å². The molecule has 0 fully saturated rings. The van der Waals surface area contributed by atoms with Crippen molar-refractivity contribution in [3.05, 3.63) is 105 Å². The summed E-state index contributed by atoms with van der Waals surface area (Å²) in [5, 5.41) is 14.1. The zero-order valence-corrected chi connectivity index (χ0v) is 17.8. The van der Waals surface area contributed by atoms with E-state index in [1.807, 2.05) is 24.3 Å². The summed E-state index contributed by atoms with van der Waals surface area (Å²) in [4.78, 5) is 13.2. The Balaban J connectivity index is 1.80. The molecule has 0 aliphatic carbocycles. The van der Waals surface area contributed by atoms with Gasteiger partial charge in [0.2, 0.25) is 0 Å². The largest absolute Gasteiger partial charge is 0.301 e. The van der Waals surface area contributed by atoms with Crippen LogP contribution in [0.2, 0.25) is 10.0 Å². The van der Waals surface area contributed by atoms with Crippen LogP contribution in [0.3, 0.4) is 0 Å². The summed E-state index contributed by atoms with van der Waals surface area (Å²) in [5.74, 6) is -0.404. The molecule has 0 unspecified atom stereocenters. The number of hydrogen-bond donors (Lipinski definition) is 0. The zero-order chi connectivity index (χ0) is 22.2. The van der Waals surface area contributed by atoms with Gasteiger partial charge in [-0.05, 0) is 59.7 Å². The predicted molar refractivity (Wildman–Crippen MR) is 123 cm³/mol. The first-order chi connectivity index (χ1) is 15.5. The Kier molecular flexibility index (Phi) is 5.17. The van der Waals surface area contributed by atoms with Crippen molar-refractivity contribution < 1.29 is 4.39 Å².